The van der Waals surface area contributed by atoms with Crippen LogP contribution in [0.4, 0.5) is 0 Å². The van der Waals surface area contributed by atoms with E-state index in [4.69, 9.17) is 18.9 Å². The first-order chi connectivity index (χ1) is 18.9. The van der Waals surface area contributed by atoms with Crippen LogP contribution in [0.3, 0.4) is 0 Å². The Morgan fingerprint density at radius 3 is 1.77 bits per heavy atom. The summed E-state index contributed by atoms with van der Waals surface area (Å²) >= 11 is 0. The fourth-order valence-electron chi connectivity index (χ4n) is 5.10. The van der Waals surface area contributed by atoms with Gasteiger partial charge in [0.05, 0.1) is 44.3 Å². The molecule has 0 aromatic heterocycles. The van der Waals surface area contributed by atoms with E-state index < -0.39 is 17.5 Å². The van der Waals surface area contributed by atoms with Gasteiger partial charge in [0.1, 0.15) is 17.0 Å². The van der Waals surface area contributed by atoms with Crippen molar-refractivity contribution in [1.29, 1.82) is 0 Å². The predicted molar refractivity (Wildman–Crippen MR) is 149 cm³/mol. The first kappa shape index (κ1) is 27.5. The molecule has 0 aliphatic carbocycles. The Bertz CT molecular complexity index is 1380. The highest BCUT2D eigenvalue weighted by molar-refractivity contribution is 6.06. The van der Waals surface area contributed by atoms with Gasteiger partial charge in [-0.2, -0.15) is 0 Å². The number of ether oxygens (including phenoxy) is 4. The van der Waals surface area contributed by atoms with Crippen molar-refractivity contribution in [3.8, 4) is 11.5 Å². The van der Waals surface area contributed by atoms with Crippen molar-refractivity contribution in [3.63, 3.8) is 0 Å². The van der Waals surface area contributed by atoms with Gasteiger partial charge in [-0.05, 0) is 73.0 Å². The molecule has 1 aliphatic rings. The van der Waals surface area contributed by atoms with E-state index in [1.807, 2.05) is 90.8 Å². The molecule has 1 unspecified atom stereocenters. The van der Waals surface area contributed by atoms with Gasteiger partial charge in [-0.3, -0.25) is 0 Å². The maximum atomic E-state index is 13.7. The molecule has 0 saturated heterocycles. The van der Waals surface area contributed by atoms with Crippen molar-refractivity contribution in [2.45, 2.75) is 19.4 Å². The summed E-state index contributed by atoms with van der Waals surface area (Å²) in [6, 6.07) is 24.7. The molecule has 1 atom stereocenters. The van der Waals surface area contributed by atoms with E-state index in [0.29, 0.717) is 22.8 Å². The molecular formula is C32H33NO6. The lowest BCUT2D eigenvalue weighted by atomic mass is 9.72. The lowest BCUT2D eigenvalue weighted by Gasteiger charge is -2.48. The van der Waals surface area contributed by atoms with Crippen molar-refractivity contribution in [1.82, 2.24) is 4.90 Å². The molecule has 0 bridgehead atoms. The van der Waals surface area contributed by atoms with E-state index in [9.17, 15) is 9.59 Å². The van der Waals surface area contributed by atoms with E-state index in [1.165, 1.54) is 0 Å². The minimum Gasteiger partial charge on any atom is -0.497 e. The molecule has 0 radical (unpaired) electrons. The number of rotatable bonds is 9. The number of nitrogens with zero attached hydrogens (tertiary/aromatic N) is 1. The topological polar surface area (TPSA) is 74.3 Å². The van der Waals surface area contributed by atoms with Gasteiger partial charge in [0, 0.05) is 7.05 Å². The Labute approximate surface area is 229 Å². The van der Waals surface area contributed by atoms with E-state index in [-0.39, 0.29) is 18.8 Å². The minimum absolute atomic E-state index is 0.178. The van der Waals surface area contributed by atoms with Crippen molar-refractivity contribution in [2.75, 3.05) is 34.5 Å². The molecule has 0 fully saturated rings. The zero-order valence-electron chi connectivity index (χ0n) is 22.9. The average Bonchev–Trinajstić information content (AvgIpc) is 2.97. The Kier molecular flexibility index (Phi) is 8.39. The van der Waals surface area contributed by atoms with Crippen LogP contribution in [-0.2, 0) is 24.6 Å². The first-order valence-corrected chi connectivity index (χ1v) is 12.8. The van der Waals surface area contributed by atoms with Crippen LogP contribution in [0.5, 0.6) is 11.5 Å². The molecule has 0 saturated carbocycles. The van der Waals surface area contributed by atoms with E-state index in [1.54, 1.807) is 34.1 Å². The summed E-state index contributed by atoms with van der Waals surface area (Å²) in [7, 11) is 5.08. The molecule has 39 heavy (non-hydrogen) atoms. The van der Waals surface area contributed by atoms with Gasteiger partial charge in [-0.25, -0.2) is 9.59 Å². The highest BCUT2D eigenvalue weighted by Crippen LogP contribution is 2.50. The van der Waals surface area contributed by atoms with Crippen molar-refractivity contribution in [2.24, 2.45) is 0 Å². The van der Waals surface area contributed by atoms with Crippen LogP contribution in [0.2, 0.25) is 0 Å². The van der Waals surface area contributed by atoms with Crippen LogP contribution in [0.15, 0.2) is 96.1 Å². The Balaban J connectivity index is 2.12. The Morgan fingerprint density at radius 1 is 0.718 bits per heavy atom. The summed E-state index contributed by atoms with van der Waals surface area (Å²) in [5.74, 6) is 0.302. The molecule has 3 aromatic carbocycles. The second-order valence-electron chi connectivity index (χ2n) is 8.85. The fraction of sp³-hybridized carbons (Fsp3) is 0.250. The molecule has 7 heteroatoms. The van der Waals surface area contributed by atoms with Crippen LogP contribution in [0.1, 0.15) is 30.5 Å². The molecule has 3 aromatic rings. The second-order valence-corrected chi connectivity index (χ2v) is 8.85. The van der Waals surface area contributed by atoms with Gasteiger partial charge in [0.15, 0.2) is 0 Å². The number of carbonyl (C=O) groups excluding carboxylic acids is 2. The van der Waals surface area contributed by atoms with E-state index in [2.05, 4.69) is 0 Å². The maximum Gasteiger partial charge on any atom is 0.340 e. The van der Waals surface area contributed by atoms with Gasteiger partial charge in [0.25, 0.3) is 0 Å². The standard InChI is InChI=1S/C32H33NO6/c1-6-38-30(34)27-21-28(31(35)39-7-2)32(23-11-9-8-10-12-23,24-15-19-26(37-5)20-16-24)33(3)29(27)22-13-17-25(36-4)18-14-22/h8-21H,6-7H2,1-5H3. The molecule has 0 spiro atoms. The lowest BCUT2D eigenvalue weighted by molar-refractivity contribution is -0.139. The largest absolute Gasteiger partial charge is 0.497 e. The molecule has 7 nitrogen and oxygen atoms in total. The number of likely N-dealkylation sites (N-methyl/N-ethyl adjacent to an activating group) is 1. The zero-order chi connectivity index (χ0) is 28.0. The Hall–Kier alpha value is -4.52. The van der Waals surface area contributed by atoms with Crippen molar-refractivity contribution < 1.29 is 28.5 Å². The van der Waals surface area contributed by atoms with E-state index in [0.717, 1.165) is 16.7 Å². The molecule has 0 amide bonds. The van der Waals surface area contributed by atoms with E-state index >= 15 is 0 Å². The number of methoxy groups -OCH3 is 2. The molecule has 0 N–H and O–H groups in total. The minimum atomic E-state index is -1.15. The third kappa shape index (κ3) is 5.00. The number of carbonyl (C=O) groups is 2. The molecule has 1 heterocycles. The third-order valence-electron chi connectivity index (χ3n) is 6.83. The quantitative estimate of drug-likeness (QED) is 0.347. The monoisotopic (exact) mass is 527 g/mol. The number of benzene rings is 3. The van der Waals surface area contributed by atoms with Gasteiger partial charge in [-0.1, -0.05) is 42.5 Å². The first-order valence-electron chi connectivity index (χ1n) is 12.8. The summed E-state index contributed by atoms with van der Waals surface area (Å²) < 4.78 is 21.8. The molecule has 202 valence electrons. The van der Waals surface area contributed by atoms with Crippen LogP contribution < -0.4 is 9.47 Å². The second kappa shape index (κ2) is 11.9. The smallest absolute Gasteiger partial charge is 0.340 e. The third-order valence-corrected chi connectivity index (χ3v) is 6.83. The summed E-state index contributed by atoms with van der Waals surface area (Å²) in [5.41, 5.74) is 2.39. The van der Waals surface area contributed by atoms with Gasteiger partial charge < -0.3 is 23.8 Å². The average molecular weight is 528 g/mol. The summed E-state index contributed by atoms with van der Waals surface area (Å²) in [5, 5.41) is 0. The van der Waals surface area contributed by atoms with Crippen LogP contribution in [0, 0.1) is 0 Å². The Morgan fingerprint density at radius 2 is 1.23 bits per heavy atom. The molecule has 1 aliphatic heterocycles. The molecular weight excluding hydrogens is 494 g/mol. The summed E-state index contributed by atoms with van der Waals surface area (Å²) in [6.07, 6.45) is 1.62. The normalized spacial score (nSPS) is 16.8. The molecule has 4 rings (SSSR count). The van der Waals surface area contributed by atoms with Crippen molar-refractivity contribution in [3.05, 3.63) is 113 Å². The van der Waals surface area contributed by atoms with Crippen LogP contribution in [0.25, 0.3) is 5.70 Å². The SMILES string of the molecule is CCOC(=O)C1=CC(C(=O)OCC)=C(c2ccc(OC)cc2)N(C)C1(c1ccccc1)c1ccc(OC)cc1. The van der Waals surface area contributed by atoms with Gasteiger partial charge >= 0.3 is 11.9 Å². The number of hydrogen-bond acceptors (Lipinski definition) is 7. The van der Waals surface area contributed by atoms with Crippen LogP contribution >= 0.6 is 0 Å². The van der Waals surface area contributed by atoms with Crippen molar-refractivity contribution >= 4 is 17.6 Å². The van der Waals surface area contributed by atoms with Gasteiger partial charge in [0.2, 0.25) is 0 Å². The zero-order valence-corrected chi connectivity index (χ0v) is 22.9. The number of esters is 2. The highest BCUT2D eigenvalue weighted by atomic mass is 16.5. The summed E-state index contributed by atoms with van der Waals surface area (Å²) in [6.45, 7) is 3.87. The van der Waals surface area contributed by atoms with Gasteiger partial charge in [-0.15, -0.1) is 0 Å². The predicted octanol–water partition coefficient (Wildman–Crippen LogP) is 5.36. The highest BCUT2D eigenvalue weighted by Gasteiger charge is 2.50. The summed E-state index contributed by atoms with van der Waals surface area (Å²) in [4.78, 5) is 29.1. The van der Waals surface area contributed by atoms with Crippen LogP contribution in [-0.4, -0.2) is 51.3 Å². The maximum absolute atomic E-state index is 13.7. The lowest BCUT2D eigenvalue weighted by Crippen LogP contribution is -2.50. The fourth-order valence-corrected chi connectivity index (χ4v) is 5.10. The number of hydrogen-bond donors (Lipinski definition) is 0.